The average molecular weight is 436 g/mol. The molecule has 0 bridgehead atoms. The van der Waals surface area contributed by atoms with Crippen molar-refractivity contribution in [1.29, 1.82) is 0 Å². The summed E-state index contributed by atoms with van der Waals surface area (Å²) in [5.41, 5.74) is 2.41. The summed E-state index contributed by atoms with van der Waals surface area (Å²) in [6, 6.07) is 18.4. The Hall–Kier alpha value is -3.51. The minimum absolute atomic E-state index is 0.0566. The molecule has 0 fully saturated rings. The molecule has 1 N–H and O–H groups in total. The lowest BCUT2D eigenvalue weighted by molar-refractivity contribution is 0.0693. The van der Waals surface area contributed by atoms with Gasteiger partial charge in [-0.15, -0.1) is 5.11 Å². The smallest absolute Gasteiger partial charge is 0.336 e. The van der Waals surface area contributed by atoms with Crippen LogP contribution < -0.4 is 4.90 Å². The fourth-order valence-electron chi connectivity index (χ4n) is 3.18. The van der Waals surface area contributed by atoms with Gasteiger partial charge in [0.25, 0.3) is 0 Å². The van der Waals surface area contributed by atoms with Gasteiger partial charge in [-0.2, -0.15) is 5.11 Å². The van der Waals surface area contributed by atoms with Gasteiger partial charge in [-0.05, 0) is 62.4 Å². The molecule has 0 atom stereocenters. The van der Waals surface area contributed by atoms with E-state index in [1.54, 1.807) is 24.3 Å². The van der Waals surface area contributed by atoms with Gasteiger partial charge < -0.3 is 10.0 Å². The van der Waals surface area contributed by atoms with Crippen LogP contribution in [-0.4, -0.2) is 29.9 Å². The fourth-order valence-corrected chi connectivity index (χ4v) is 3.34. The van der Waals surface area contributed by atoms with Crippen LogP contribution in [0.4, 0.5) is 17.1 Å². The summed E-state index contributed by atoms with van der Waals surface area (Å²) < 4.78 is 0. The summed E-state index contributed by atoms with van der Waals surface area (Å²) in [5.74, 6) is -1.58. The van der Waals surface area contributed by atoms with E-state index in [1.807, 2.05) is 24.3 Å². The molecule has 0 spiro atoms. The van der Waals surface area contributed by atoms with Gasteiger partial charge in [0.05, 0.1) is 16.3 Å². The number of anilines is 1. The highest BCUT2D eigenvalue weighted by Crippen LogP contribution is 2.30. The minimum atomic E-state index is -1.16. The first-order chi connectivity index (χ1) is 14.9. The van der Waals surface area contributed by atoms with Crippen molar-refractivity contribution in [1.82, 2.24) is 0 Å². The van der Waals surface area contributed by atoms with Gasteiger partial charge >= 0.3 is 5.97 Å². The van der Waals surface area contributed by atoms with Crippen LogP contribution in [0.15, 0.2) is 77.0 Å². The lowest BCUT2D eigenvalue weighted by atomic mass is 9.98. The number of carbonyl (C=O) groups is 2. The normalized spacial score (nSPS) is 10.9. The summed E-state index contributed by atoms with van der Waals surface area (Å²) in [5, 5.41) is 18.1. The van der Waals surface area contributed by atoms with Gasteiger partial charge in [0, 0.05) is 29.9 Å². The van der Waals surface area contributed by atoms with Crippen molar-refractivity contribution in [2.75, 3.05) is 18.0 Å². The highest BCUT2D eigenvalue weighted by atomic mass is 35.5. The molecular weight excluding hydrogens is 414 g/mol. The summed E-state index contributed by atoms with van der Waals surface area (Å²) in [4.78, 5) is 26.5. The monoisotopic (exact) mass is 435 g/mol. The zero-order chi connectivity index (χ0) is 22.4. The first-order valence-electron chi connectivity index (χ1n) is 9.88. The van der Waals surface area contributed by atoms with Gasteiger partial charge in [0.1, 0.15) is 5.69 Å². The second kappa shape index (κ2) is 10.00. The van der Waals surface area contributed by atoms with Crippen molar-refractivity contribution in [2.45, 2.75) is 13.8 Å². The Morgan fingerprint density at radius 2 is 1.55 bits per heavy atom. The number of ketones is 1. The van der Waals surface area contributed by atoms with Crippen LogP contribution in [0, 0.1) is 0 Å². The van der Waals surface area contributed by atoms with Crippen molar-refractivity contribution >= 4 is 40.4 Å². The minimum Gasteiger partial charge on any atom is -0.478 e. The Kier molecular flexibility index (Phi) is 7.15. The largest absolute Gasteiger partial charge is 0.478 e. The number of carbonyl (C=O) groups excluding carboxylic acids is 1. The van der Waals surface area contributed by atoms with Crippen molar-refractivity contribution in [3.63, 3.8) is 0 Å². The van der Waals surface area contributed by atoms with Crippen molar-refractivity contribution in [3.05, 3.63) is 88.4 Å². The Balaban J connectivity index is 1.87. The third-order valence-electron chi connectivity index (χ3n) is 4.86. The summed E-state index contributed by atoms with van der Waals surface area (Å²) in [6.45, 7) is 6.03. The number of hydrogen-bond acceptors (Lipinski definition) is 5. The second-order valence-corrected chi connectivity index (χ2v) is 7.14. The molecule has 0 aromatic heterocycles. The van der Waals surface area contributed by atoms with Crippen LogP contribution in [0.5, 0.6) is 0 Å². The molecule has 0 radical (unpaired) electrons. The molecule has 0 unspecified atom stereocenters. The van der Waals surface area contributed by atoms with E-state index in [2.05, 4.69) is 29.0 Å². The number of halogens is 1. The number of carboxylic acids is 1. The van der Waals surface area contributed by atoms with Crippen LogP contribution >= 0.6 is 11.6 Å². The summed E-state index contributed by atoms with van der Waals surface area (Å²) in [6.07, 6.45) is 0. The summed E-state index contributed by atoms with van der Waals surface area (Å²) >= 11 is 6.23. The molecule has 0 aliphatic carbocycles. The van der Waals surface area contributed by atoms with E-state index in [1.165, 1.54) is 18.2 Å². The lowest BCUT2D eigenvalue weighted by Gasteiger charge is -2.20. The standard InChI is InChI=1S/C24H22ClN3O3/c1-3-28(4-2)18-12-10-17(11-13-18)26-27-22-15-16(9-14-21(22)25)23(29)19-7-5-6-8-20(19)24(30)31/h5-15H,3-4H2,1-2H3,(H,30,31). The predicted molar refractivity (Wildman–Crippen MR) is 122 cm³/mol. The molecule has 3 rings (SSSR count). The summed E-state index contributed by atoms with van der Waals surface area (Å²) in [7, 11) is 0. The molecule has 6 nitrogen and oxygen atoms in total. The molecule has 0 aliphatic heterocycles. The van der Waals surface area contributed by atoms with E-state index in [9.17, 15) is 14.7 Å². The van der Waals surface area contributed by atoms with Gasteiger partial charge in [-0.1, -0.05) is 29.8 Å². The van der Waals surface area contributed by atoms with E-state index in [0.29, 0.717) is 16.4 Å². The van der Waals surface area contributed by atoms with Crippen LogP contribution in [-0.2, 0) is 0 Å². The van der Waals surface area contributed by atoms with Gasteiger partial charge in [0.15, 0.2) is 5.78 Å². The van der Waals surface area contributed by atoms with Crippen LogP contribution in [0.25, 0.3) is 0 Å². The Bertz CT molecular complexity index is 1120. The molecule has 0 aliphatic rings. The van der Waals surface area contributed by atoms with Crippen LogP contribution in [0.3, 0.4) is 0 Å². The predicted octanol–water partition coefficient (Wildman–Crippen LogP) is 6.53. The molecule has 0 saturated carbocycles. The Labute approximate surface area is 185 Å². The molecule has 158 valence electrons. The molecule has 3 aromatic rings. The first kappa shape index (κ1) is 22.2. The van der Waals surface area contributed by atoms with Crippen LogP contribution in [0.2, 0.25) is 5.02 Å². The van der Waals surface area contributed by atoms with E-state index in [0.717, 1.165) is 18.8 Å². The molecular formula is C24H22ClN3O3. The Morgan fingerprint density at radius 3 is 2.16 bits per heavy atom. The SMILES string of the molecule is CCN(CC)c1ccc(N=Nc2cc(C(=O)c3ccccc3C(=O)O)ccc2Cl)cc1. The zero-order valence-electron chi connectivity index (χ0n) is 17.2. The highest BCUT2D eigenvalue weighted by Gasteiger charge is 2.18. The van der Waals surface area contributed by atoms with Gasteiger partial charge in [0.2, 0.25) is 0 Å². The van der Waals surface area contributed by atoms with E-state index in [4.69, 9.17) is 11.6 Å². The van der Waals surface area contributed by atoms with Crippen molar-refractivity contribution < 1.29 is 14.7 Å². The molecule has 0 amide bonds. The number of azo groups is 1. The first-order valence-corrected chi connectivity index (χ1v) is 10.3. The maximum absolute atomic E-state index is 12.9. The molecule has 3 aromatic carbocycles. The molecule has 7 heteroatoms. The third kappa shape index (κ3) is 5.16. The quantitative estimate of drug-likeness (QED) is 0.322. The molecule has 31 heavy (non-hydrogen) atoms. The number of rotatable bonds is 8. The van der Waals surface area contributed by atoms with Gasteiger partial charge in [-0.25, -0.2) is 4.79 Å². The third-order valence-corrected chi connectivity index (χ3v) is 5.18. The molecule has 0 heterocycles. The van der Waals surface area contributed by atoms with Crippen molar-refractivity contribution in [3.8, 4) is 0 Å². The van der Waals surface area contributed by atoms with E-state index >= 15 is 0 Å². The van der Waals surface area contributed by atoms with E-state index in [-0.39, 0.29) is 16.7 Å². The number of hydrogen-bond donors (Lipinski definition) is 1. The topological polar surface area (TPSA) is 82.3 Å². The highest BCUT2D eigenvalue weighted by molar-refractivity contribution is 6.33. The number of nitrogens with zero attached hydrogens (tertiary/aromatic N) is 3. The number of benzene rings is 3. The number of aromatic carboxylic acids is 1. The average Bonchev–Trinajstić information content (AvgIpc) is 2.79. The van der Waals surface area contributed by atoms with E-state index < -0.39 is 11.8 Å². The second-order valence-electron chi connectivity index (χ2n) is 6.73. The zero-order valence-corrected chi connectivity index (χ0v) is 18.0. The van der Waals surface area contributed by atoms with Crippen molar-refractivity contribution in [2.24, 2.45) is 10.2 Å². The van der Waals surface area contributed by atoms with Crippen LogP contribution in [0.1, 0.15) is 40.1 Å². The Morgan fingerprint density at radius 1 is 0.903 bits per heavy atom. The maximum atomic E-state index is 12.9. The number of carboxylic acid groups (broad SMARTS) is 1. The molecule has 0 saturated heterocycles. The fraction of sp³-hybridized carbons (Fsp3) is 0.167. The lowest BCUT2D eigenvalue weighted by Crippen LogP contribution is -2.21. The maximum Gasteiger partial charge on any atom is 0.336 e. The van der Waals surface area contributed by atoms with Gasteiger partial charge in [-0.3, -0.25) is 4.79 Å².